The fraction of sp³-hybridized carbons (Fsp3) is 0.125. The molecule has 26 rings (SSSR count). The first-order valence-corrected chi connectivity index (χ1v) is 47.1. The summed E-state index contributed by atoms with van der Waals surface area (Å²) in [6.07, 6.45) is 0. The molecular formula is C128H100N4O2. The van der Waals surface area contributed by atoms with Gasteiger partial charge in [0.05, 0.1) is 33.1 Å². The van der Waals surface area contributed by atoms with Crippen molar-refractivity contribution in [2.45, 2.75) is 105 Å². The standard InChI is InChI=1S/C72H67N3O.C56H33NO/c1-69(2,3)48-19-29-52(30-20-48)73(53-31-21-49(22-32-53)70(4,5)6)56-27-17-44-39-59-60-43-65-66(58-15-13-14-16-64(58)76-65)67-61-40-45-18-28-57(38-47(45)42-63(61)75(68(60)67)62(59)41-46(44)37-56)74(54-33-23-50(24-34-54)71(7,8)9)55-35-25-51(26-36-55)72(10,11)12;1-3-9-34(10-4-1)36-15-19-38(20-16-36)40-23-25-42-29-47-48-33-53-54(46-13-7-8-14-52(46)58-53)55-49-30-43-26-24-41(39-21-17-37(18-22-39)35-11-5-2-6-12-35)28-45(43)32-51(49)57(56(48)55)50(47)31-44(42)27-40/h13-43H,1-12H3;1-33H. The van der Waals surface area contributed by atoms with Crippen LogP contribution < -0.4 is 9.80 Å². The van der Waals surface area contributed by atoms with Gasteiger partial charge in [-0.1, -0.05) is 314 Å². The number of furan rings is 2. The summed E-state index contributed by atoms with van der Waals surface area (Å²) in [7, 11) is 0. The Morgan fingerprint density at radius 3 is 0.769 bits per heavy atom. The molecule has 0 radical (unpaired) electrons. The molecule has 0 unspecified atom stereocenters. The number of benzene rings is 20. The van der Waals surface area contributed by atoms with Gasteiger partial charge in [-0.25, -0.2) is 0 Å². The molecule has 644 valence electrons. The topological polar surface area (TPSA) is 41.6 Å². The number of rotatable bonds is 10. The lowest BCUT2D eigenvalue weighted by Gasteiger charge is -2.28. The monoisotopic (exact) mass is 1720 g/mol. The minimum absolute atomic E-state index is 0.0494. The maximum absolute atomic E-state index is 6.77. The Balaban J connectivity index is 0.000000148. The Hall–Kier alpha value is -15.8. The molecule has 6 aromatic heterocycles. The van der Waals surface area contributed by atoms with Crippen molar-refractivity contribution in [3.63, 3.8) is 0 Å². The van der Waals surface area contributed by atoms with Crippen molar-refractivity contribution in [3.05, 3.63) is 411 Å². The molecular weight excluding hydrogens is 1630 g/mol. The number of hydrogen-bond donors (Lipinski definition) is 0. The average Bonchev–Trinajstić information content (AvgIpc) is 1.51. The Morgan fingerprint density at radius 1 is 0.179 bits per heavy atom. The predicted octanol–water partition coefficient (Wildman–Crippen LogP) is 36.9. The summed E-state index contributed by atoms with van der Waals surface area (Å²) in [5.41, 5.74) is 32.9. The molecule has 0 aliphatic rings. The summed E-state index contributed by atoms with van der Waals surface area (Å²) >= 11 is 0. The van der Waals surface area contributed by atoms with E-state index in [9.17, 15) is 0 Å². The highest BCUT2D eigenvalue weighted by Gasteiger charge is 2.30. The fourth-order valence-electron chi connectivity index (χ4n) is 21.5. The molecule has 0 amide bonds. The van der Waals surface area contributed by atoms with Gasteiger partial charge in [-0.2, -0.15) is 0 Å². The minimum atomic E-state index is 0.0494. The van der Waals surface area contributed by atoms with E-state index in [1.54, 1.807) is 0 Å². The highest BCUT2D eigenvalue weighted by atomic mass is 16.3. The van der Waals surface area contributed by atoms with Crippen molar-refractivity contribution in [2.24, 2.45) is 0 Å². The van der Waals surface area contributed by atoms with Crippen LogP contribution in [0.5, 0.6) is 0 Å². The largest absolute Gasteiger partial charge is 0.456 e. The van der Waals surface area contributed by atoms with Crippen LogP contribution in [0.4, 0.5) is 34.1 Å². The molecule has 0 aliphatic carbocycles. The summed E-state index contributed by atoms with van der Waals surface area (Å²) in [6.45, 7) is 27.4. The maximum atomic E-state index is 6.77. The fourth-order valence-corrected chi connectivity index (χ4v) is 21.5. The quantitative estimate of drug-likeness (QED) is 0.137. The van der Waals surface area contributed by atoms with Crippen LogP contribution in [0.15, 0.2) is 397 Å². The van der Waals surface area contributed by atoms with E-state index < -0.39 is 0 Å². The third-order valence-corrected chi connectivity index (χ3v) is 28.7. The van der Waals surface area contributed by atoms with Crippen LogP contribution in [-0.2, 0) is 21.7 Å². The van der Waals surface area contributed by atoms with Crippen LogP contribution in [0.3, 0.4) is 0 Å². The van der Waals surface area contributed by atoms with E-state index in [1.165, 1.54) is 197 Å². The second-order valence-corrected chi connectivity index (χ2v) is 41.3. The highest BCUT2D eigenvalue weighted by Crippen LogP contribution is 2.53. The number of anilines is 6. The molecule has 134 heavy (non-hydrogen) atoms. The van der Waals surface area contributed by atoms with Crippen molar-refractivity contribution in [1.82, 2.24) is 8.80 Å². The number of aromatic nitrogens is 2. The van der Waals surface area contributed by atoms with Gasteiger partial charge in [0.1, 0.15) is 22.3 Å². The first-order chi connectivity index (χ1) is 64.9. The molecule has 0 spiro atoms. The lowest BCUT2D eigenvalue weighted by atomic mass is 9.86. The van der Waals surface area contributed by atoms with Gasteiger partial charge in [0.25, 0.3) is 0 Å². The molecule has 0 saturated carbocycles. The second kappa shape index (κ2) is 29.9. The van der Waals surface area contributed by atoms with Crippen molar-refractivity contribution >= 4 is 197 Å². The first-order valence-electron chi connectivity index (χ1n) is 47.1. The van der Waals surface area contributed by atoms with Crippen molar-refractivity contribution in [3.8, 4) is 44.5 Å². The van der Waals surface area contributed by atoms with Crippen LogP contribution in [0.25, 0.3) is 208 Å². The van der Waals surface area contributed by atoms with E-state index in [0.717, 1.165) is 67.2 Å². The lowest BCUT2D eigenvalue weighted by Crippen LogP contribution is -2.14. The Labute approximate surface area is 779 Å². The van der Waals surface area contributed by atoms with Crippen molar-refractivity contribution in [2.75, 3.05) is 9.80 Å². The zero-order valence-electron chi connectivity index (χ0n) is 77.6. The normalized spacial score (nSPS) is 12.6. The summed E-state index contributed by atoms with van der Waals surface area (Å²) in [6, 6.07) is 144. The summed E-state index contributed by atoms with van der Waals surface area (Å²) < 4.78 is 18.5. The first kappa shape index (κ1) is 80.3. The zero-order chi connectivity index (χ0) is 90.7. The smallest absolute Gasteiger partial charge is 0.136 e. The molecule has 0 saturated heterocycles. The van der Waals surface area contributed by atoms with Gasteiger partial charge in [0.2, 0.25) is 0 Å². The van der Waals surface area contributed by atoms with Crippen LogP contribution >= 0.6 is 0 Å². The van der Waals surface area contributed by atoms with Gasteiger partial charge >= 0.3 is 0 Å². The van der Waals surface area contributed by atoms with Crippen molar-refractivity contribution < 1.29 is 8.83 Å². The van der Waals surface area contributed by atoms with Crippen LogP contribution in [0, 0.1) is 0 Å². The van der Waals surface area contributed by atoms with Gasteiger partial charge in [0.15, 0.2) is 0 Å². The second-order valence-electron chi connectivity index (χ2n) is 41.3. The third-order valence-electron chi connectivity index (χ3n) is 28.7. The molecule has 6 nitrogen and oxygen atoms in total. The molecule has 26 aromatic rings. The molecule has 6 heterocycles. The molecule has 6 heteroatoms. The van der Waals surface area contributed by atoms with Gasteiger partial charge in [-0.3, -0.25) is 0 Å². The van der Waals surface area contributed by atoms with E-state index >= 15 is 0 Å². The third kappa shape index (κ3) is 13.2. The zero-order valence-corrected chi connectivity index (χ0v) is 77.6. The Kier molecular flexibility index (Phi) is 17.9. The predicted molar refractivity (Wildman–Crippen MR) is 573 cm³/mol. The number of para-hydroxylation sites is 2. The SMILES string of the molecule is CC(C)(C)c1ccc(N(c2ccc(C(C)(C)C)cc2)c2ccc3cc4c5cc6oc7ccccc7c6c6c7cc8ccc(N(c9ccc(C(C)(C)C)cc9)c9ccc(C(C)(C)C)cc9)cc8cc7n(c4cc3c2)c56)cc1.c1ccc(-c2ccc(-c3ccc4cc5c6cc7oc8ccccc8c7c7c8cc9ccc(-c%10ccc(-c%11ccccc%11)cc%10)cc9cc8n(c5cc4c3)c67)cc2)cc1. The molecule has 0 fully saturated rings. The minimum Gasteiger partial charge on any atom is -0.456 e. The van der Waals surface area contributed by atoms with Gasteiger partial charge in [-0.15, -0.1) is 0 Å². The Bertz CT molecular complexity index is 9090. The number of hydrogen-bond acceptors (Lipinski definition) is 4. The van der Waals surface area contributed by atoms with Gasteiger partial charge < -0.3 is 27.4 Å². The van der Waals surface area contributed by atoms with E-state index in [-0.39, 0.29) is 21.7 Å². The molecule has 0 bridgehead atoms. The number of fused-ring (bicyclic) bond motifs is 24. The van der Waals surface area contributed by atoms with Crippen LogP contribution in [-0.4, -0.2) is 8.80 Å². The van der Waals surface area contributed by atoms with Crippen molar-refractivity contribution in [1.29, 1.82) is 0 Å². The van der Waals surface area contributed by atoms with Gasteiger partial charge in [-0.05, 0) is 289 Å². The van der Waals surface area contributed by atoms with Gasteiger partial charge in [0, 0.05) is 98.8 Å². The molecule has 0 N–H and O–H groups in total. The van der Waals surface area contributed by atoms with Crippen LogP contribution in [0.1, 0.15) is 105 Å². The maximum Gasteiger partial charge on any atom is 0.136 e. The summed E-state index contributed by atoms with van der Waals surface area (Å²) in [5, 5.41) is 24.2. The Morgan fingerprint density at radius 2 is 0.440 bits per heavy atom. The van der Waals surface area contributed by atoms with E-state index in [1.807, 2.05) is 0 Å². The van der Waals surface area contributed by atoms with Crippen LogP contribution in [0.2, 0.25) is 0 Å². The van der Waals surface area contributed by atoms with E-state index in [0.29, 0.717) is 0 Å². The molecule has 20 aromatic carbocycles. The average molecular weight is 1730 g/mol. The lowest BCUT2D eigenvalue weighted by molar-refractivity contribution is 0.590. The van der Waals surface area contributed by atoms with E-state index in [2.05, 4.69) is 490 Å². The molecule has 0 atom stereocenters. The summed E-state index contributed by atoms with van der Waals surface area (Å²) in [5.74, 6) is 0. The highest BCUT2D eigenvalue weighted by molar-refractivity contribution is 6.38. The summed E-state index contributed by atoms with van der Waals surface area (Å²) in [4.78, 5) is 4.82. The molecule has 0 aliphatic heterocycles. The number of nitrogens with zero attached hydrogens (tertiary/aromatic N) is 4. The van der Waals surface area contributed by atoms with E-state index in [4.69, 9.17) is 8.83 Å².